The summed E-state index contributed by atoms with van der Waals surface area (Å²) in [4.78, 5) is 12.4. The minimum absolute atomic E-state index is 0.126. The molecule has 4 heteroatoms. The molecule has 0 saturated heterocycles. The molecular formula is C19H16BrNOS. The Hall–Kier alpha value is -1.65. The maximum Gasteiger partial charge on any atom is 0.224 e. The molecule has 1 saturated carbocycles. The minimum Gasteiger partial charge on any atom is -0.352 e. The summed E-state index contributed by atoms with van der Waals surface area (Å²) < 4.78 is 2.35. The Bertz CT molecular complexity index is 855. The second kappa shape index (κ2) is 6.10. The average Bonchev–Trinajstić information content (AvgIpc) is 3.27. The quantitative estimate of drug-likeness (QED) is 0.666. The average molecular weight is 386 g/mol. The SMILES string of the molecule is O=C(NCc1csc2ccccc12)C1CC1c1ccc(Br)cc1. The van der Waals surface area contributed by atoms with Crippen molar-refractivity contribution in [2.45, 2.75) is 18.9 Å². The third kappa shape index (κ3) is 3.06. The van der Waals surface area contributed by atoms with Crippen LogP contribution in [0.2, 0.25) is 0 Å². The summed E-state index contributed by atoms with van der Waals surface area (Å²) in [5.74, 6) is 0.677. The van der Waals surface area contributed by atoms with Crippen molar-refractivity contribution in [3.8, 4) is 0 Å². The van der Waals surface area contributed by atoms with Gasteiger partial charge in [-0.15, -0.1) is 11.3 Å². The van der Waals surface area contributed by atoms with Crippen LogP contribution in [-0.4, -0.2) is 5.91 Å². The molecule has 3 aromatic rings. The molecule has 0 bridgehead atoms. The first kappa shape index (κ1) is 14.9. The van der Waals surface area contributed by atoms with E-state index in [9.17, 15) is 4.79 Å². The molecule has 2 aromatic carbocycles. The molecule has 1 amide bonds. The Labute approximate surface area is 147 Å². The van der Waals surface area contributed by atoms with Crippen molar-refractivity contribution < 1.29 is 4.79 Å². The third-order valence-corrected chi connectivity index (χ3v) is 5.98. The van der Waals surface area contributed by atoms with Crippen molar-refractivity contribution in [1.82, 2.24) is 5.32 Å². The standard InChI is InChI=1S/C19H16BrNOS/c20-14-7-5-12(6-8-14)16-9-17(16)19(22)21-10-13-11-23-18-4-2-1-3-15(13)18/h1-8,11,16-17H,9-10H2,(H,21,22). The highest BCUT2D eigenvalue weighted by Gasteiger charge is 2.43. The zero-order valence-electron chi connectivity index (χ0n) is 12.5. The summed E-state index contributed by atoms with van der Waals surface area (Å²) in [5.41, 5.74) is 2.47. The van der Waals surface area contributed by atoms with Gasteiger partial charge in [-0.3, -0.25) is 4.79 Å². The predicted molar refractivity (Wildman–Crippen MR) is 98.7 cm³/mol. The molecular weight excluding hydrogens is 370 g/mol. The van der Waals surface area contributed by atoms with Gasteiger partial charge in [0.1, 0.15) is 0 Å². The molecule has 1 fully saturated rings. The summed E-state index contributed by atoms with van der Waals surface area (Å²) in [6.07, 6.45) is 0.956. The van der Waals surface area contributed by atoms with Crippen LogP contribution in [0.4, 0.5) is 0 Å². The van der Waals surface area contributed by atoms with Gasteiger partial charge < -0.3 is 5.32 Å². The van der Waals surface area contributed by atoms with Gasteiger partial charge in [0.25, 0.3) is 0 Å². The van der Waals surface area contributed by atoms with Crippen molar-refractivity contribution >= 4 is 43.3 Å². The first-order valence-corrected chi connectivity index (χ1v) is 9.38. The summed E-state index contributed by atoms with van der Waals surface area (Å²) in [6, 6.07) is 16.6. The number of thiophene rings is 1. The van der Waals surface area contributed by atoms with Crippen molar-refractivity contribution in [2.24, 2.45) is 5.92 Å². The Balaban J connectivity index is 1.39. The van der Waals surface area contributed by atoms with Crippen molar-refractivity contribution in [2.75, 3.05) is 0 Å². The van der Waals surface area contributed by atoms with E-state index >= 15 is 0 Å². The summed E-state index contributed by atoms with van der Waals surface area (Å²) >= 11 is 5.18. The van der Waals surface area contributed by atoms with Gasteiger partial charge in [-0.05, 0) is 52.4 Å². The van der Waals surface area contributed by atoms with Crippen LogP contribution >= 0.6 is 27.3 Å². The van der Waals surface area contributed by atoms with Crippen LogP contribution in [0.5, 0.6) is 0 Å². The molecule has 0 aliphatic heterocycles. The maximum absolute atomic E-state index is 12.4. The Morgan fingerprint density at radius 1 is 1.17 bits per heavy atom. The van der Waals surface area contributed by atoms with Gasteiger partial charge >= 0.3 is 0 Å². The molecule has 1 N–H and O–H groups in total. The Morgan fingerprint density at radius 2 is 1.96 bits per heavy atom. The topological polar surface area (TPSA) is 29.1 Å². The van der Waals surface area contributed by atoms with Crippen LogP contribution in [0.15, 0.2) is 58.4 Å². The number of hydrogen-bond acceptors (Lipinski definition) is 2. The molecule has 2 atom stereocenters. The van der Waals surface area contributed by atoms with Crippen LogP contribution in [-0.2, 0) is 11.3 Å². The normalized spacial score (nSPS) is 19.7. The van der Waals surface area contributed by atoms with Crippen molar-refractivity contribution in [3.05, 3.63) is 69.5 Å². The van der Waals surface area contributed by atoms with Crippen molar-refractivity contribution in [1.29, 1.82) is 0 Å². The van der Waals surface area contributed by atoms with E-state index in [4.69, 9.17) is 0 Å². The van der Waals surface area contributed by atoms with E-state index in [1.807, 2.05) is 24.3 Å². The lowest BCUT2D eigenvalue weighted by Gasteiger charge is -2.05. The lowest BCUT2D eigenvalue weighted by Crippen LogP contribution is -2.24. The number of amides is 1. The van der Waals surface area contributed by atoms with E-state index in [0.717, 1.165) is 10.9 Å². The highest BCUT2D eigenvalue weighted by molar-refractivity contribution is 9.10. The lowest BCUT2D eigenvalue weighted by atomic mass is 10.1. The van der Waals surface area contributed by atoms with Crippen LogP contribution in [0.25, 0.3) is 10.1 Å². The number of carbonyl (C=O) groups is 1. The maximum atomic E-state index is 12.4. The monoisotopic (exact) mass is 385 g/mol. The van der Waals surface area contributed by atoms with E-state index in [-0.39, 0.29) is 11.8 Å². The molecule has 2 unspecified atom stereocenters. The van der Waals surface area contributed by atoms with Gasteiger partial charge in [0.2, 0.25) is 5.91 Å². The summed E-state index contributed by atoms with van der Waals surface area (Å²) in [7, 11) is 0. The van der Waals surface area contributed by atoms with Crippen molar-refractivity contribution in [3.63, 3.8) is 0 Å². The molecule has 1 heterocycles. The van der Waals surface area contributed by atoms with Crippen LogP contribution < -0.4 is 5.32 Å². The van der Waals surface area contributed by atoms with E-state index in [1.54, 1.807) is 11.3 Å². The molecule has 4 rings (SSSR count). The number of carbonyl (C=O) groups excluding carboxylic acids is 1. The zero-order valence-corrected chi connectivity index (χ0v) is 14.9. The third-order valence-electron chi connectivity index (χ3n) is 4.44. The van der Waals surface area contributed by atoms with E-state index in [1.165, 1.54) is 21.2 Å². The van der Waals surface area contributed by atoms with Crippen LogP contribution in [0, 0.1) is 5.92 Å². The van der Waals surface area contributed by atoms with Gasteiger partial charge in [0.15, 0.2) is 0 Å². The Kier molecular flexibility index (Phi) is 3.95. The van der Waals surface area contributed by atoms with E-state index < -0.39 is 0 Å². The largest absolute Gasteiger partial charge is 0.352 e. The second-order valence-corrected chi connectivity index (χ2v) is 7.80. The highest BCUT2D eigenvalue weighted by atomic mass is 79.9. The lowest BCUT2D eigenvalue weighted by molar-refractivity contribution is -0.122. The van der Waals surface area contributed by atoms with Gasteiger partial charge in [0, 0.05) is 21.6 Å². The molecule has 2 nitrogen and oxygen atoms in total. The fourth-order valence-corrected chi connectivity index (χ4v) is 4.27. The summed E-state index contributed by atoms with van der Waals surface area (Å²) in [5, 5.41) is 6.50. The predicted octanol–water partition coefficient (Wildman–Crippen LogP) is 5.08. The molecule has 1 aliphatic rings. The number of nitrogens with one attached hydrogen (secondary N) is 1. The fraction of sp³-hybridized carbons (Fsp3) is 0.211. The van der Waals surface area contributed by atoms with Crippen LogP contribution in [0.1, 0.15) is 23.5 Å². The fourth-order valence-electron chi connectivity index (χ4n) is 3.05. The minimum atomic E-state index is 0.126. The Morgan fingerprint density at radius 3 is 2.78 bits per heavy atom. The van der Waals surface area contributed by atoms with Gasteiger partial charge in [-0.1, -0.05) is 46.3 Å². The number of fused-ring (bicyclic) bond motifs is 1. The number of rotatable bonds is 4. The molecule has 116 valence electrons. The molecule has 0 spiro atoms. The number of halogens is 1. The number of benzene rings is 2. The molecule has 1 aliphatic carbocycles. The van der Waals surface area contributed by atoms with Gasteiger partial charge in [-0.25, -0.2) is 0 Å². The molecule has 0 radical (unpaired) electrons. The first-order valence-electron chi connectivity index (χ1n) is 7.70. The summed E-state index contributed by atoms with van der Waals surface area (Å²) in [6.45, 7) is 0.617. The smallest absolute Gasteiger partial charge is 0.224 e. The highest BCUT2D eigenvalue weighted by Crippen LogP contribution is 2.47. The molecule has 23 heavy (non-hydrogen) atoms. The second-order valence-electron chi connectivity index (χ2n) is 5.98. The number of hydrogen-bond donors (Lipinski definition) is 1. The van der Waals surface area contributed by atoms with E-state index in [0.29, 0.717) is 12.5 Å². The molecule has 1 aromatic heterocycles. The van der Waals surface area contributed by atoms with Gasteiger partial charge in [-0.2, -0.15) is 0 Å². The van der Waals surface area contributed by atoms with Gasteiger partial charge in [0.05, 0.1) is 0 Å². The van der Waals surface area contributed by atoms with Crippen LogP contribution in [0.3, 0.4) is 0 Å². The first-order chi connectivity index (χ1) is 11.2. The zero-order chi connectivity index (χ0) is 15.8. The van der Waals surface area contributed by atoms with E-state index in [2.05, 4.69) is 50.9 Å².